The molecule has 0 aliphatic heterocycles. The Hall–Kier alpha value is -1.00. The molecule has 0 spiro atoms. The highest BCUT2D eigenvalue weighted by atomic mass is 35.7. The summed E-state index contributed by atoms with van der Waals surface area (Å²) in [6.45, 7) is 1.90. The zero-order valence-electron chi connectivity index (χ0n) is 7.32. The molecular weight excluding hydrogens is 224 g/mol. The number of benzene rings is 1. The second-order valence-corrected chi connectivity index (χ2v) is 5.54. The lowest BCUT2D eigenvalue weighted by atomic mass is 10.2. The molecule has 0 radical (unpaired) electrons. The third kappa shape index (κ3) is 1.63. The summed E-state index contributed by atoms with van der Waals surface area (Å²) in [6.07, 6.45) is 0. The number of hydrogen-bond acceptors (Lipinski definition) is 3. The second kappa shape index (κ2) is 3.00. The van der Waals surface area contributed by atoms with Crippen molar-refractivity contribution >= 4 is 30.7 Å². The largest absolute Gasteiger partial charge is 0.443 e. The van der Waals surface area contributed by atoms with E-state index in [2.05, 4.69) is 0 Å². The van der Waals surface area contributed by atoms with Crippen LogP contribution in [-0.4, -0.2) is 8.42 Å². The maximum Gasteiger partial charge on any atom is 0.294 e. The Labute approximate surface area is 85.7 Å². The second-order valence-electron chi connectivity index (χ2n) is 3.04. The van der Waals surface area contributed by atoms with E-state index >= 15 is 0 Å². The molecule has 0 N–H and O–H groups in total. The van der Waals surface area contributed by atoms with Crippen LogP contribution in [0, 0.1) is 6.92 Å². The number of aryl methyl sites for hydroxylation is 1. The predicted molar refractivity (Wildman–Crippen MR) is 54.0 cm³/mol. The van der Waals surface area contributed by atoms with E-state index in [0.29, 0.717) is 5.58 Å². The highest BCUT2D eigenvalue weighted by molar-refractivity contribution is 8.13. The fraction of sp³-hybridized carbons (Fsp3) is 0.111. The van der Waals surface area contributed by atoms with E-state index in [9.17, 15) is 8.42 Å². The van der Waals surface area contributed by atoms with E-state index < -0.39 is 9.05 Å². The summed E-state index contributed by atoms with van der Waals surface area (Å²) in [4.78, 5) is 0. The molecule has 1 aromatic heterocycles. The maximum atomic E-state index is 11.0. The lowest BCUT2D eigenvalue weighted by molar-refractivity contribution is 0.488. The lowest BCUT2D eigenvalue weighted by Crippen LogP contribution is -1.84. The van der Waals surface area contributed by atoms with Crippen molar-refractivity contribution in [3.63, 3.8) is 0 Å². The molecule has 0 aliphatic rings. The van der Waals surface area contributed by atoms with Crippen molar-refractivity contribution in [1.29, 1.82) is 0 Å². The van der Waals surface area contributed by atoms with Crippen LogP contribution in [-0.2, 0) is 9.05 Å². The molecule has 14 heavy (non-hydrogen) atoms. The zero-order valence-corrected chi connectivity index (χ0v) is 8.89. The van der Waals surface area contributed by atoms with Crippen molar-refractivity contribution in [3.05, 3.63) is 29.8 Å². The first kappa shape index (κ1) is 9.55. The molecule has 3 nitrogen and oxygen atoms in total. The SMILES string of the molecule is Cc1ccc2cc(S(=O)(=O)Cl)oc2c1. The van der Waals surface area contributed by atoms with E-state index in [1.54, 1.807) is 12.1 Å². The third-order valence-corrected chi connectivity index (χ3v) is 3.03. The van der Waals surface area contributed by atoms with Gasteiger partial charge < -0.3 is 4.42 Å². The minimum absolute atomic E-state index is 0.209. The number of halogens is 1. The smallest absolute Gasteiger partial charge is 0.294 e. The van der Waals surface area contributed by atoms with Gasteiger partial charge in [-0.25, -0.2) is 8.42 Å². The van der Waals surface area contributed by atoms with Crippen molar-refractivity contribution in [1.82, 2.24) is 0 Å². The van der Waals surface area contributed by atoms with Crippen molar-refractivity contribution in [3.8, 4) is 0 Å². The van der Waals surface area contributed by atoms with E-state index in [-0.39, 0.29) is 5.09 Å². The van der Waals surface area contributed by atoms with Crippen LogP contribution in [0.2, 0.25) is 0 Å². The molecule has 5 heteroatoms. The number of hydrogen-bond donors (Lipinski definition) is 0. The first-order valence-corrected chi connectivity index (χ1v) is 6.22. The van der Waals surface area contributed by atoms with Crippen LogP contribution in [0.3, 0.4) is 0 Å². The van der Waals surface area contributed by atoms with Crippen LogP contribution in [0.25, 0.3) is 11.0 Å². The minimum atomic E-state index is -3.77. The Morgan fingerprint density at radius 1 is 1.29 bits per heavy atom. The van der Waals surface area contributed by atoms with Crippen LogP contribution in [0.5, 0.6) is 0 Å². The van der Waals surface area contributed by atoms with Gasteiger partial charge in [0.2, 0.25) is 5.09 Å². The summed E-state index contributed by atoms with van der Waals surface area (Å²) in [7, 11) is 1.38. The average Bonchev–Trinajstić information content (AvgIpc) is 2.45. The van der Waals surface area contributed by atoms with Crippen molar-refractivity contribution < 1.29 is 12.8 Å². The van der Waals surface area contributed by atoms with Gasteiger partial charge in [-0.05, 0) is 18.6 Å². The molecule has 0 fully saturated rings. The summed E-state index contributed by atoms with van der Waals surface area (Å²) < 4.78 is 27.0. The molecule has 0 amide bonds. The Morgan fingerprint density at radius 2 is 2.00 bits per heavy atom. The Balaban J connectivity index is 2.75. The predicted octanol–water partition coefficient (Wildman–Crippen LogP) is 2.67. The van der Waals surface area contributed by atoms with Crippen LogP contribution in [0.15, 0.2) is 33.8 Å². The summed E-state index contributed by atoms with van der Waals surface area (Å²) in [5.41, 5.74) is 1.54. The van der Waals surface area contributed by atoms with Crippen molar-refractivity contribution in [2.24, 2.45) is 0 Å². The topological polar surface area (TPSA) is 47.3 Å². The van der Waals surface area contributed by atoms with Crippen molar-refractivity contribution in [2.75, 3.05) is 0 Å². The summed E-state index contributed by atoms with van der Waals surface area (Å²) in [6, 6.07) is 6.85. The van der Waals surface area contributed by atoms with E-state index in [4.69, 9.17) is 15.1 Å². The molecular formula is C9H7ClO3S. The van der Waals surface area contributed by atoms with Crippen LogP contribution < -0.4 is 0 Å². The fourth-order valence-corrected chi connectivity index (χ4v) is 1.92. The lowest BCUT2D eigenvalue weighted by Gasteiger charge is -1.89. The first-order chi connectivity index (χ1) is 6.47. The molecule has 2 rings (SSSR count). The summed E-state index contributed by atoms with van der Waals surface area (Å²) >= 11 is 0. The van der Waals surface area contributed by atoms with Gasteiger partial charge in [-0.15, -0.1) is 0 Å². The molecule has 0 atom stereocenters. The molecule has 0 saturated heterocycles. The molecule has 0 aliphatic carbocycles. The van der Waals surface area contributed by atoms with Crippen LogP contribution in [0.4, 0.5) is 0 Å². The number of furan rings is 1. The standard InChI is InChI=1S/C9H7ClO3S/c1-6-2-3-7-5-9(14(10,11)12)13-8(7)4-6/h2-5H,1H3. The molecule has 1 heterocycles. The third-order valence-electron chi connectivity index (χ3n) is 1.89. The highest BCUT2D eigenvalue weighted by Crippen LogP contribution is 2.25. The van der Waals surface area contributed by atoms with E-state index in [1.807, 2.05) is 13.0 Å². The van der Waals surface area contributed by atoms with Crippen molar-refractivity contribution in [2.45, 2.75) is 12.0 Å². The van der Waals surface area contributed by atoms with Gasteiger partial charge in [0.25, 0.3) is 9.05 Å². The van der Waals surface area contributed by atoms with Gasteiger partial charge in [0.1, 0.15) is 5.58 Å². The van der Waals surface area contributed by atoms with Gasteiger partial charge >= 0.3 is 0 Å². The quantitative estimate of drug-likeness (QED) is 0.708. The highest BCUT2D eigenvalue weighted by Gasteiger charge is 2.15. The first-order valence-electron chi connectivity index (χ1n) is 3.92. The fourth-order valence-electron chi connectivity index (χ4n) is 1.23. The van der Waals surface area contributed by atoms with Gasteiger partial charge in [0.05, 0.1) is 0 Å². The van der Waals surface area contributed by atoms with Gasteiger partial charge in [0, 0.05) is 22.1 Å². The van der Waals surface area contributed by atoms with Gasteiger partial charge in [-0.3, -0.25) is 0 Å². The minimum Gasteiger partial charge on any atom is -0.443 e. The summed E-state index contributed by atoms with van der Waals surface area (Å²) in [5.74, 6) is 0. The Bertz CT molecular complexity index is 583. The van der Waals surface area contributed by atoms with Gasteiger partial charge in [-0.1, -0.05) is 12.1 Å². The average molecular weight is 231 g/mol. The monoisotopic (exact) mass is 230 g/mol. The van der Waals surface area contributed by atoms with Crippen LogP contribution in [0.1, 0.15) is 5.56 Å². The molecule has 2 aromatic rings. The number of rotatable bonds is 1. The normalized spacial score (nSPS) is 12.1. The van der Waals surface area contributed by atoms with E-state index in [0.717, 1.165) is 10.9 Å². The molecule has 0 bridgehead atoms. The van der Waals surface area contributed by atoms with E-state index in [1.165, 1.54) is 6.07 Å². The Morgan fingerprint density at radius 3 is 2.64 bits per heavy atom. The van der Waals surface area contributed by atoms with Gasteiger partial charge in [-0.2, -0.15) is 0 Å². The van der Waals surface area contributed by atoms with Gasteiger partial charge in [0.15, 0.2) is 0 Å². The number of fused-ring (bicyclic) bond motifs is 1. The zero-order chi connectivity index (χ0) is 10.3. The molecule has 1 aromatic carbocycles. The van der Waals surface area contributed by atoms with Crippen LogP contribution >= 0.6 is 10.7 Å². The Kier molecular flexibility index (Phi) is 2.05. The molecule has 0 unspecified atom stereocenters. The summed E-state index contributed by atoms with van der Waals surface area (Å²) in [5, 5.41) is 0.523. The molecule has 0 saturated carbocycles. The molecule has 74 valence electrons. The maximum absolute atomic E-state index is 11.0.